The molecular weight excluding hydrogens is 528 g/mol. The van der Waals surface area contributed by atoms with Crippen molar-refractivity contribution in [3.63, 3.8) is 0 Å². The Kier molecular flexibility index (Phi) is 13.0. The van der Waals surface area contributed by atoms with Gasteiger partial charge in [0.1, 0.15) is 45.0 Å². The number of aromatic nitrogens is 6. The highest BCUT2D eigenvalue weighted by Crippen LogP contribution is 2.35. The fraction of sp³-hybridized carbons (Fsp3) is 0.273. The zero-order chi connectivity index (χ0) is 31.2. The van der Waals surface area contributed by atoms with Crippen LogP contribution in [-0.2, 0) is 6.42 Å². The number of hydrogen-bond acceptors (Lipinski definition) is 7. The third kappa shape index (κ3) is 7.23. The van der Waals surface area contributed by atoms with Crippen LogP contribution in [0.1, 0.15) is 66.5 Å². The van der Waals surface area contributed by atoms with Gasteiger partial charge in [-0.25, -0.2) is 0 Å². The van der Waals surface area contributed by atoms with Crippen molar-refractivity contribution in [2.24, 2.45) is 0 Å². The van der Waals surface area contributed by atoms with Gasteiger partial charge in [0.2, 0.25) is 0 Å². The van der Waals surface area contributed by atoms with E-state index in [2.05, 4.69) is 20.4 Å². The summed E-state index contributed by atoms with van der Waals surface area (Å²) in [6.07, 6.45) is 0.327. The van der Waals surface area contributed by atoms with E-state index >= 15 is 0 Å². The lowest BCUT2D eigenvalue weighted by atomic mass is 10.0. The third-order valence-corrected chi connectivity index (χ3v) is 5.64. The molecule has 0 saturated heterocycles. The molecular formula is C33H42N6O3. The molecule has 0 unspecified atom stereocenters. The predicted molar refractivity (Wildman–Crippen MR) is 171 cm³/mol. The van der Waals surface area contributed by atoms with Crippen molar-refractivity contribution in [1.29, 1.82) is 0 Å². The number of fused-ring (bicyclic) bond motifs is 2. The summed E-state index contributed by atoms with van der Waals surface area (Å²) in [5, 5.41) is 49.5. The average Bonchev–Trinajstić information content (AvgIpc) is 3.68. The van der Waals surface area contributed by atoms with Gasteiger partial charge >= 0.3 is 0 Å². The SMILES string of the molecule is CC.CC.CC.CC.Oc1ccc(Cc2ccc(O)c(-n3nc4ccccc4n3)c2O)cc1-n1nc2ccccc2n1. The highest BCUT2D eigenvalue weighted by Gasteiger charge is 2.18. The van der Waals surface area contributed by atoms with E-state index < -0.39 is 0 Å². The Morgan fingerprint density at radius 3 is 1.43 bits per heavy atom. The lowest BCUT2D eigenvalue weighted by Gasteiger charge is -2.12. The molecule has 0 aliphatic rings. The predicted octanol–water partition coefficient (Wildman–Crippen LogP) is 7.97. The van der Waals surface area contributed by atoms with Crippen molar-refractivity contribution in [3.05, 3.63) is 90.0 Å². The van der Waals surface area contributed by atoms with Gasteiger partial charge in [-0.15, -0.1) is 30.0 Å². The number of rotatable bonds is 4. The summed E-state index contributed by atoms with van der Waals surface area (Å²) in [6, 6.07) is 23.0. The van der Waals surface area contributed by atoms with Gasteiger partial charge in [-0.3, -0.25) is 0 Å². The summed E-state index contributed by atoms with van der Waals surface area (Å²) in [5.41, 5.74) is 4.62. The van der Waals surface area contributed by atoms with Gasteiger partial charge in [0, 0.05) is 12.0 Å². The van der Waals surface area contributed by atoms with Gasteiger partial charge in [-0.2, -0.15) is 0 Å². The lowest BCUT2D eigenvalue weighted by molar-refractivity contribution is 0.435. The minimum atomic E-state index is -0.139. The van der Waals surface area contributed by atoms with Crippen LogP contribution in [0.4, 0.5) is 0 Å². The number of phenolic OH excluding ortho intramolecular Hbond substituents is 3. The van der Waals surface area contributed by atoms with Crippen molar-refractivity contribution in [3.8, 4) is 28.6 Å². The van der Waals surface area contributed by atoms with E-state index in [-0.39, 0.29) is 22.9 Å². The quantitative estimate of drug-likeness (QED) is 0.196. The summed E-state index contributed by atoms with van der Waals surface area (Å²) in [4.78, 5) is 2.63. The van der Waals surface area contributed by atoms with Crippen molar-refractivity contribution in [2.45, 2.75) is 61.8 Å². The second kappa shape index (κ2) is 16.4. The normalized spacial score (nSPS) is 9.81. The fourth-order valence-corrected chi connectivity index (χ4v) is 3.94. The smallest absolute Gasteiger partial charge is 0.169 e. The van der Waals surface area contributed by atoms with Gasteiger partial charge in [0.05, 0.1) is 0 Å². The molecule has 3 N–H and O–H groups in total. The molecule has 0 aliphatic carbocycles. The Bertz CT molecular complexity index is 1620. The lowest BCUT2D eigenvalue weighted by Crippen LogP contribution is -2.03. The summed E-state index contributed by atoms with van der Waals surface area (Å²) in [7, 11) is 0. The van der Waals surface area contributed by atoms with Crippen LogP contribution in [0.3, 0.4) is 0 Å². The largest absolute Gasteiger partial charge is 0.506 e. The van der Waals surface area contributed by atoms with Crippen LogP contribution in [0.5, 0.6) is 17.2 Å². The second-order valence-electron chi connectivity index (χ2n) is 7.90. The molecule has 222 valence electrons. The summed E-state index contributed by atoms with van der Waals surface area (Å²) in [6.45, 7) is 16.0. The second-order valence-corrected chi connectivity index (χ2v) is 7.90. The molecule has 0 amide bonds. The van der Waals surface area contributed by atoms with Crippen molar-refractivity contribution in [1.82, 2.24) is 30.0 Å². The van der Waals surface area contributed by atoms with Crippen LogP contribution in [0, 0.1) is 0 Å². The van der Waals surface area contributed by atoms with Crippen LogP contribution >= 0.6 is 0 Å². The molecule has 0 bridgehead atoms. The van der Waals surface area contributed by atoms with Crippen molar-refractivity contribution < 1.29 is 15.3 Å². The van der Waals surface area contributed by atoms with E-state index in [0.29, 0.717) is 39.7 Å². The van der Waals surface area contributed by atoms with Gasteiger partial charge in [-0.1, -0.05) is 91.8 Å². The number of nitrogens with zero attached hydrogens (tertiary/aromatic N) is 6. The Morgan fingerprint density at radius 2 is 0.952 bits per heavy atom. The minimum Gasteiger partial charge on any atom is -0.506 e. The zero-order valence-corrected chi connectivity index (χ0v) is 25.7. The molecule has 0 atom stereocenters. The maximum Gasteiger partial charge on any atom is 0.169 e. The molecule has 9 heteroatoms. The Hall–Kier alpha value is -4.92. The first-order chi connectivity index (χ1) is 20.6. The third-order valence-electron chi connectivity index (χ3n) is 5.64. The Balaban J connectivity index is 0.000000713. The molecule has 6 aromatic rings. The van der Waals surface area contributed by atoms with Gasteiger partial charge in [0.15, 0.2) is 5.69 Å². The first kappa shape index (κ1) is 33.3. The Morgan fingerprint density at radius 1 is 0.524 bits per heavy atom. The molecule has 2 aromatic heterocycles. The van der Waals surface area contributed by atoms with Crippen LogP contribution in [0.15, 0.2) is 78.9 Å². The number of aromatic hydroxyl groups is 3. The highest BCUT2D eigenvalue weighted by atomic mass is 16.3. The standard InChI is InChI=1S/C25H18N6O3.4C2H6/c32-22-11-9-15(14-21(22)30-26-17-5-1-2-6-18(17)27-30)13-16-10-12-23(33)24(25(16)34)31-28-19-7-3-4-8-20(19)29-31;4*1-2/h1-12,14,32-34H,13H2;4*1-2H3. The number of phenols is 3. The maximum atomic E-state index is 11.0. The van der Waals surface area contributed by atoms with E-state index in [1.807, 2.05) is 104 Å². The van der Waals surface area contributed by atoms with Gasteiger partial charge in [-0.05, 0) is 48.0 Å². The molecule has 9 nitrogen and oxygen atoms in total. The van der Waals surface area contributed by atoms with Gasteiger partial charge in [0.25, 0.3) is 0 Å². The van der Waals surface area contributed by atoms with Crippen LogP contribution in [-0.4, -0.2) is 45.3 Å². The monoisotopic (exact) mass is 570 g/mol. The molecule has 42 heavy (non-hydrogen) atoms. The zero-order valence-electron chi connectivity index (χ0n) is 25.7. The van der Waals surface area contributed by atoms with E-state index in [1.54, 1.807) is 24.3 Å². The minimum absolute atomic E-state index is 0.0344. The van der Waals surface area contributed by atoms with Gasteiger partial charge < -0.3 is 15.3 Å². The topological polar surface area (TPSA) is 122 Å². The molecule has 6 rings (SSSR count). The summed E-state index contributed by atoms with van der Waals surface area (Å²) < 4.78 is 0. The Labute approximate surface area is 247 Å². The maximum absolute atomic E-state index is 11.0. The van der Waals surface area contributed by atoms with Crippen molar-refractivity contribution >= 4 is 22.1 Å². The fourth-order valence-electron chi connectivity index (χ4n) is 3.94. The highest BCUT2D eigenvalue weighted by molar-refractivity contribution is 5.75. The summed E-state index contributed by atoms with van der Waals surface area (Å²) >= 11 is 0. The number of benzene rings is 4. The van der Waals surface area contributed by atoms with Crippen LogP contribution < -0.4 is 0 Å². The van der Waals surface area contributed by atoms with Crippen molar-refractivity contribution in [2.75, 3.05) is 0 Å². The molecule has 0 radical (unpaired) electrons. The van der Waals surface area contributed by atoms with Crippen LogP contribution in [0.25, 0.3) is 33.4 Å². The average molecular weight is 571 g/mol. The molecule has 0 spiro atoms. The van der Waals surface area contributed by atoms with E-state index in [1.165, 1.54) is 15.7 Å². The molecule has 0 aliphatic heterocycles. The van der Waals surface area contributed by atoms with Crippen LogP contribution in [0.2, 0.25) is 0 Å². The van der Waals surface area contributed by atoms with E-state index in [0.717, 1.165) is 5.56 Å². The molecule has 2 heterocycles. The molecule has 0 fully saturated rings. The first-order valence-corrected chi connectivity index (χ1v) is 14.6. The van der Waals surface area contributed by atoms with E-state index in [4.69, 9.17) is 0 Å². The first-order valence-electron chi connectivity index (χ1n) is 14.6. The van der Waals surface area contributed by atoms with E-state index in [9.17, 15) is 15.3 Å². The molecule has 4 aromatic carbocycles. The molecule has 0 saturated carbocycles. The number of hydrogen-bond donors (Lipinski definition) is 3. The summed E-state index contributed by atoms with van der Waals surface area (Å²) in [5.74, 6) is -0.231.